The van der Waals surface area contributed by atoms with Crippen LogP contribution in [0.25, 0.3) is 22.6 Å². The second-order valence-electron chi connectivity index (χ2n) is 5.14. The lowest BCUT2D eigenvalue weighted by Crippen LogP contribution is -2.09. The number of aromatic nitrogens is 1. The summed E-state index contributed by atoms with van der Waals surface area (Å²) < 4.78 is 75.9. The summed E-state index contributed by atoms with van der Waals surface area (Å²) in [4.78, 5) is 15.3. The molecule has 1 N–H and O–H groups in total. The average Bonchev–Trinajstić information content (AvgIpc) is 3.00. The Bertz CT molecular complexity index is 1030. The number of hydrogen-bond acceptors (Lipinski definition) is 5. The van der Waals surface area contributed by atoms with Gasteiger partial charge in [-0.2, -0.15) is 13.2 Å². The Morgan fingerprint density at radius 2 is 1.88 bits per heavy atom. The molecule has 0 atom stereocenters. The van der Waals surface area contributed by atoms with E-state index < -0.39 is 46.5 Å². The lowest BCUT2D eigenvalue weighted by molar-refractivity contribution is -0.140. The molecule has 0 unspecified atom stereocenters. The Morgan fingerprint density at radius 3 is 2.50 bits per heavy atom. The van der Waals surface area contributed by atoms with Gasteiger partial charge < -0.3 is 14.3 Å². The zero-order chi connectivity index (χ0) is 19.2. The third kappa shape index (κ3) is 2.83. The predicted octanol–water partition coefficient (Wildman–Crippen LogP) is 4.28. The molecule has 10 heteroatoms. The van der Waals surface area contributed by atoms with Gasteiger partial charge in [0.25, 0.3) is 0 Å². The highest BCUT2D eigenvalue weighted by Crippen LogP contribution is 2.40. The molecule has 3 aromatic rings. The fourth-order valence-corrected chi connectivity index (χ4v) is 2.27. The van der Waals surface area contributed by atoms with E-state index in [1.807, 2.05) is 0 Å². The Balaban J connectivity index is 2.20. The number of alkyl halides is 3. The number of carbonyl (C=O) groups is 1. The molecule has 0 aliphatic rings. The van der Waals surface area contributed by atoms with Crippen LogP contribution in [-0.2, 0) is 10.9 Å². The monoisotopic (exact) mass is 373 g/mol. The van der Waals surface area contributed by atoms with E-state index in [1.54, 1.807) is 0 Å². The first kappa shape index (κ1) is 17.6. The number of phenolic OH excluding ortho intramolecular Hbond substituents is 1. The van der Waals surface area contributed by atoms with Crippen LogP contribution in [0.5, 0.6) is 5.75 Å². The Kier molecular flexibility index (Phi) is 4.05. The number of ether oxygens (including phenoxy) is 1. The minimum absolute atomic E-state index is 0.0275. The van der Waals surface area contributed by atoms with Gasteiger partial charge in [-0.3, -0.25) is 0 Å². The van der Waals surface area contributed by atoms with Crippen molar-refractivity contribution < 1.29 is 41.0 Å². The predicted molar refractivity (Wildman–Crippen MR) is 77.4 cm³/mol. The van der Waals surface area contributed by atoms with E-state index in [-0.39, 0.29) is 22.7 Å². The molecule has 2 aromatic carbocycles. The van der Waals surface area contributed by atoms with Gasteiger partial charge in [0.2, 0.25) is 5.89 Å². The van der Waals surface area contributed by atoms with Gasteiger partial charge in [0.1, 0.15) is 5.52 Å². The number of phenols is 1. The number of benzene rings is 2. The fourth-order valence-electron chi connectivity index (χ4n) is 2.27. The minimum Gasteiger partial charge on any atom is -0.503 e. The number of carbonyl (C=O) groups excluding carboxylic acids is 1. The van der Waals surface area contributed by atoms with Crippen molar-refractivity contribution in [3.63, 3.8) is 0 Å². The molecule has 0 radical (unpaired) electrons. The highest BCUT2D eigenvalue weighted by molar-refractivity contribution is 5.93. The summed E-state index contributed by atoms with van der Waals surface area (Å²) >= 11 is 0. The number of nitrogens with zero attached hydrogens (tertiary/aromatic N) is 1. The van der Waals surface area contributed by atoms with Gasteiger partial charge in [0.15, 0.2) is 23.0 Å². The second kappa shape index (κ2) is 5.97. The highest BCUT2D eigenvalue weighted by Gasteiger charge is 2.38. The number of halogens is 5. The molecule has 0 spiro atoms. The van der Waals surface area contributed by atoms with Gasteiger partial charge >= 0.3 is 12.1 Å². The van der Waals surface area contributed by atoms with Crippen molar-refractivity contribution in [2.45, 2.75) is 6.18 Å². The maximum atomic E-state index is 14.1. The number of aromatic hydroxyl groups is 1. The molecule has 1 aromatic heterocycles. The van der Waals surface area contributed by atoms with E-state index in [9.17, 15) is 31.9 Å². The zero-order valence-corrected chi connectivity index (χ0v) is 12.8. The van der Waals surface area contributed by atoms with Crippen LogP contribution in [0.2, 0.25) is 0 Å². The third-order valence-electron chi connectivity index (χ3n) is 3.52. The molecule has 0 bridgehead atoms. The standard InChI is InChI=1S/C16H8F5NO4/c1-25-15(24)6-2-3-10-9(4-6)22-14(26-10)7-5-8(16(19,20)21)12(18)13(23)11(7)17/h2-5,23H,1H3. The van der Waals surface area contributed by atoms with Crippen LogP contribution >= 0.6 is 0 Å². The minimum atomic E-state index is -5.17. The Hall–Kier alpha value is -3.17. The van der Waals surface area contributed by atoms with Gasteiger partial charge in [0, 0.05) is 0 Å². The first-order chi connectivity index (χ1) is 12.1. The van der Waals surface area contributed by atoms with Gasteiger partial charge in [-0.05, 0) is 24.3 Å². The van der Waals surface area contributed by atoms with Crippen LogP contribution in [0, 0.1) is 11.6 Å². The number of fused-ring (bicyclic) bond motifs is 1. The van der Waals surface area contributed by atoms with Crippen molar-refractivity contribution in [1.82, 2.24) is 4.98 Å². The van der Waals surface area contributed by atoms with Gasteiger partial charge in [-0.15, -0.1) is 0 Å². The lowest BCUT2D eigenvalue weighted by Gasteiger charge is -2.11. The molecule has 0 aliphatic heterocycles. The quantitative estimate of drug-likeness (QED) is 0.536. The smallest absolute Gasteiger partial charge is 0.419 e. The molecule has 0 saturated heterocycles. The summed E-state index contributed by atoms with van der Waals surface area (Å²) in [5, 5.41) is 9.34. The van der Waals surface area contributed by atoms with Crippen molar-refractivity contribution in [3.8, 4) is 17.2 Å². The molecule has 1 heterocycles. The van der Waals surface area contributed by atoms with Crippen LogP contribution in [0.3, 0.4) is 0 Å². The molecule has 5 nitrogen and oxygen atoms in total. The van der Waals surface area contributed by atoms with E-state index in [0.717, 1.165) is 7.11 Å². The first-order valence-electron chi connectivity index (χ1n) is 6.91. The van der Waals surface area contributed by atoms with Crippen molar-refractivity contribution in [2.75, 3.05) is 7.11 Å². The van der Waals surface area contributed by atoms with Gasteiger partial charge in [-0.1, -0.05) is 0 Å². The SMILES string of the molecule is COC(=O)c1ccc2oc(-c3cc(C(F)(F)F)c(F)c(O)c3F)nc2c1. The van der Waals surface area contributed by atoms with E-state index in [2.05, 4.69) is 9.72 Å². The largest absolute Gasteiger partial charge is 0.503 e. The van der Waals surface area contributed by atoms with E-state index in [4.69, 9.17) is 4.42 Å². The van der Waals surface area contributed by atoms with Crippen molar-refractivity contribution in [1.29, 1.82) is 0 Å². The summed E-state index contributed by atoms with van der Waals surface area (Å²) in [7, 11) is 1.15. The molecule has 136 valence electrons. The van der Waals surface area contributed by atoms with E-state index in [0.29, 0.717) is 0 Å². The number of hydrogen-bond donors (Lipinski definition) is 1. The third-order valence-corrected chi connectivity index (χ3v) is 3.52. The molecular formula is C16H8F5NO4. The van der Waals surface area contributed by atoms with Crippen molar-refractivity contribution in [3.05, 3.63) is 47.0 Å². The number of methoxy groups -OCH3 is 1. The molecule has 26 heavy (non-hydrogen) atoms. The van der Waals surface area contributed by atoms with Crippen molar-refractivity contribution >= 4 is 17.1 Å². The first-order valence-corrected chi connectivity index (χ1v) is 6.91. The number of esters is 1. The molecule has 3 rings (SSSR count). The summed E-state index contributed by atoms with van der Waals surface area (Å²) in [6.07, 6.45) is -5.17. The normalized spacial score (nSPS) is 11.8. The maximum absolute atomic E-state index is 14.1. The van der Waals surface area contributed by atoms with Crippen molar-refractivity contribution in [2.24, 2.45) is 0 Å². The van der Waals surface area contributed by atoms with Gasteiger partial charge in [-0.25, -0.2) is 18.6 Å². The lowest BCUT2D eigenvalue weighted by atomic mass is 10.1. The molecule has 0 aliphatic carbocycles. The van der Waals surface area contributed by atoms with Crippen LogP contribution < -0.4 is 0 Å². The van der Waals surface area contributed by atoms with Crippen LogP contribution in [0.1, 0.15) is 15.9 Å². The molecule has 0 fully saturated rings. The maximum Gasteiger partial charge on any atom is 0.419 e. The number of rotatable bonds is 2. The summed E-state index contributed by atoms with van der Waals surface area (Å²) in [6, 6.07) is 3.96. The summed E-state index contributed by atoms with van der Waals surface area (Å²) in [5.74, 6) is -6.91. The summed E-state index contributed by atoms with van der Waals surface area (Å²) in [5.41, 5.74) is -2.61. The highest BCUT2D eigenvalue weighted by atomic mass is 19.4. The second-order valence-corrected chi connectivity index (χ2v) is 5.14. The zero-order valence-electron chi connectivity index (χ0n) is 12.8. The number of oxazole rings is 1. The van der Waals surface area contributed by atoms with Crippen LogP contribution in [0.4, 0.5) is 22.0 Å². The van der Waals surface area contributed by atoms with Crippen LogP contribution in [0.15, 0.2) is 28.7 Å². The topological polar surface area (TPSA) is 72.6 Å². The Morgan fingerprint density at radius 1 is 1.19 bits per heavy atom. The summed E-state index contributed by atoms with van der Waals surface area (Å²) in [6.45, 7) is 0. The van der Waals surface area contributed by atoms with Gasteiger partial charge in [0.05, 0.1) is 23.8 Å². The van der Waals surface area contributed by atoms with Crippen LogP contribution in [-0.4, -0.2) is 23.2 Å². The molecule has 0 saturated carbocycles. The average molecular weight is 373 g/mol. The van der Waals surface area contributed by atoms with E-state index >= 15 is 0 Å². The Labute approximate surface area is 141 Å². The fraction of sp³-hybridized carbons (Fsp3) is 0.125. The molecular weight excluding hydrogens is 365 g/mol. The van der Waals surface area contributed by atoms with E-state index in [1.165, 1.54) is 18.2 Å². The molecule has 0 amide bonds.